The first-order chi connectivity index (χ1) is 9.94. The van der Waals surface area contributed by atoms with E-state index in [4.69, 9.17) is 0 Å². The molecule has 0 bridgehead atoms. The number of rotatable bonds is 5. The molecular formula is C14H22N4O2S. The second kappa shape index (κ2) is 7.09. The minimum Gasteiger partial charge on any atom is -0.299 e. The minimum absolute atomic E-state index is 0.0192. The van der Waals surface area contributed by atoms with Crippen LogP contribution in [0.1, 0.15) is 32.2 Å². The number of piperidine rings is 1. The van der Waals surface area contributed by atoms with Gasteiger partial charge >= 0.3 is 0 Å². The second-order valence-electron chi connectivity index (χ2n) is 6.00. The number of hydrogen-bond donors (Lipinski definition) is 1. The highest BCUT2D eigenvalue weighted by molar-refractivity contribution is 7.15. The third kappa shape index (κ3) is 4.86. The lowest BCUT2D eigenvalue weighted by atomic mass is 9.99. The third-order valence-electron chi connectivity index (χ3n) is 3.42. The molecule has 0 aliphatic carbocycles. The smallest absolute Gasteiger partial charge is 0.240 e. The quantitative estimate of drug-likeness (QED) is 0.894. The third-order valence-corrected chi connectivity index (χ3v) is 4.28. The first-order valence-corrected chi connectivity index (χ1v) is 8.13. The SMILES string of the molecule is CC(C)Cc1nnc(NC(=O)CN2CCC(=O)C(C)C2)s1. The first-order valence-electron chi connectivity index (χ1n) is 7.31. The Kier molecular flexibility index (Phi) is 5.41. The number of nitrogens with zero attached hydrogens (tertiary/aromatic N) is 3. The van der Waals surface area contributed by atoms with Gasteiger partial charge in [0.25, 0.3) is 0 Å². The molecule has 0 radical (unpaired) electrons. The number of carbonyl (C=O) groups excluding carboxylic acids is 2. The van der Waals surface area contributed by atoms with Crippen molar-refractivity contribution in [2.45, 2.75) is 33.6 Å². The normalized spacial score (nSPS) is 20.0. The van der Waals surface area contributed by atoms with Gasteiger partial charge in [0.05, 0.1) is 6.54 Å². The maximum atomic E-state index is 12.0. The molecule has 1 unspecified atom stereocenters. The molecule has 1 aromatic rings. The Labute approximate surface area is 128 Å². The second-order valence-corrected chi connectivity index (χ2v) is 7.06. The summed E-state index contributed by atoms with van der Waals surface area (Å²) in [6.07, 6.45) is 1.41. The van der Waals surface area contributed by atoms with Crippen molar-refractivity contribution in [3.63, 3.8) is 0 Å². The van der Waals surface area contributed by atoms with Gasteiger partial charge in [0.2, 0.25) is 11.0 Å². The summed E-state index contributed by atoms with van der Waals surface area (Å²) in [5.74, 6) is 0.734. The summed E-state index contributed by atoms with van der Waals surface area (Å²) in [4.78, 5) is 25.5. The van der Waals surface area contributed by atoms with E-state index in [-0.39, 0.29) is 17.6 Å². The van der Waals surface area contributed by atoms with Crippen LogP contribution in [0.15, 0.2) is 0 Å². The summed E-state index contributed by atoms with van der Waals surface area (Å²) in [6, 6.07) is 0. The summed E-state index contributed by atoms with van der Waals surface area (Å²) in [7, 11) is 0. The van der Waals surface area contributed by atoms with Crippen LogP contribution in [0.2, 0.25) is 0 Å². The lowest BCUT2D eigenvalue weighted by Gasteiger charge is -2.28. The van der Waals surface area contributed by atoms with Crippen LogP contribution >= 0.6 is 11.3 Å². The predicted molar refractivity (Wildman–Crippen MR) is 82.3 cm³/mol. The van der Waals surface area contributed by atoms with Crippen molar-refractivity contribution in [2.24, 2.45) is 11.8 Å². The Morgan fingerprint density at radius 1 is 1.48 bits per heavy atom. The Balaban J connectivity index is 1.81. The zero-order valence-corrected chi connectivity index (χ0v) is 13.6. The fourth-order valence-corrected chi connectivity index (χ4v) is 3.30. The summed E-state index contributed by atoms with van der Waals surface area (Å²) in [6.45, 7) is 7.77. The van der Waals surface area contributed by atoms with Gasteiger partial charge in [-0.15, -0.1) is 10.2 Å². The molecule has 0 spiro atoms. The van der Waals surface area contributed by atoms with Crippen LogP contribution in [0.4, 0.5) is 5.13 Å². The van der Waals surface area contributed by atoms with Gasteiger partial charge in [-0.1, -0.05) is 32.1 Å². The number of ketones is 1. The zero-order valence-electron chi connectivity index (χ0n) is 12.8. The zero-order chi connectivity index (χ0) is 15.4. The van der Waals surface area contributed by atoms with Crippen molar-refractivity contribution in [3.8, 4) is 0 Å². The molecular weight excluding hydrogens is 288 g/mol. The summed E-state index contributed by atoms with van der Waals surface area (Å²) >= 11 is 1.43. The van der Waals surface area contributed by atoms with Crippen LogP contribution in [-0.4, -0.2) is 46.4 Å². The number of anilines is 1. The van der Waals surface area contributed by atoms with E-state index in [9.17, 15) is 9.59 Å². The van der Waals surface area contributed by atoms with E-state index in [2.05, 4.69) is 29.4 Å². The minimum atomic E-state index is -0.0937. The molecule has 6 nitrogen and oxygen atoms in total. The van der Waals surface area contributed by atoms with E-state index in [0.717, 1.165) is 11.4 Å². The van der Waals surface area contributed by atoms with Crippen molar-refractivity contribution >= 4 is 28.2 Å². The number of Topliss-reactive ketones (excluding diaryl/α,β-unsaturated/α-hetero) is 1. The molecule has 1 amide bonds. The van der Waals surface area contributed by atoms with Gasteiger partial charge in [-0.2, -0.15) is 0 Å². The number of hydrogen-bond acceptors (Lipinski definition) is 6. The molecule has 0 aromatic carbocycles. The van der Waals surface area contributed by atoms with Gasteiger partial charge < -0.3 is 0 Å². The Morgan fingerprint density at radius 3 is 2.90 bits per heavy atom. The van der Waals surface area contributed by atoms with Gasteiger partial charge in [0, 0.05) is 31.8 Å². The van der Waals surface area contributed by atoms with Crippen molar-refractivity contribution < 1.29 is 9.59 Å². The highest BCUT2D eigenvalue weighted by Gasteiger charge is 2.24. The molecule has 1 aliphatic heterocycles. The molecule has 7 heteroatoms. The maximum Gasteiger partial charge on any atom is 0.240 e. The summed E-state index contributed by atoms with van der Waals surface area (Å²) in [5, 5.41) is 12.3. The van der Waals surface area contributed by atoms with E-state index >= 15 is 0 Å². The molecule has 21 heavy (non-hydrogen) atoms. The lowest BCUT2D eigenvalue weighted by Crippen LogP contribution is -2.43. The molecule has 1 fully saturated rings. The number of likely N-dealkylation sites (tertiary alicyclic amines) is 1. The van der Waals surface area contributed by atoms with E-state index in [1.54, 1.807) is 0 Å². The summed E-state index contributed by atoms with van der Waals surface area (Å²) < 4.78 is 0. The molecule has 2 rings (SSSR count). The van der Waals surface area contributed by atoms with Gasteiger partial charge in [0.1, 0.15) is 10.8 Å². The highest BCUT2D eigenvalue weighted by atomic mass is 32.1. The topological polar surface area (TPSA) is 75.2 Å². The van der Waals surface area contributed by atoms with Crippen LogP contribution in [0, 0.1) is 11.8 Å². The monoisotopic (exact) mass is 310 g/mol. The summed E-state index contributed by atoms with van der Waals surface area (Å²) in [5.41, 5.74) is 0. The predicted octanol–water partition coefficient (Wildman–Crippen LogP) is 1.59. The van der Waals surface area contributed by atoms with Gasteiger partial charge in [0.15, 0.2) is 0 Å². The fourth-order valence-electron chi connectivity index (χ4n) is 2.34. The molecule has 2 heterocycles. The number of carbonyl (C=O) groups is 2. The molecule has 1 N–H and O–H groups in total. The molecule has 1 saturated heterocycles. The number of nitrogens with one attached hydrogen (secondary N) is 1. The first kappa shape index (κ1) is 16.0. The largest absolute Gasteiger partial charge is 0.299 e. The van der Waals surface area contributed by atoms with E-state index < -0.39 is 0 Å². The van der Waals surface area contributed by atoms with Crippen LogP contribution in [0.25, 0.3) is 0 Å². The standard InChI is InChI=1S/C14H22N4O2S/c1-9(2)6-13-16-17-14(21-13)15-12(20)8-18-5-4-11(19)10(3)7-18/h9-10H,4-8H2,1-3H3,(H,15,17,20). The highest BCUT2D eigenvalue weighted by Crippen LogP contribution is 2.18. The van der Waals surface area contributed by atoms with Gasteiger partial charge in [-0.05, 0) is 5.92 Å². The number of aromatic nitrogens is 2. The van der Waals surface area contributed by atoms with Crippen molar-refractivity contribution in [1.29, 1.82) is 0 Å². The molecule has 1 atom stereocenters. The Morgan fingerprint density at radius 2 is 2.24 bits per heavy atom. The van der Waals surface area contributed by atoms with Crippen LogP contribution in [-0.2, 0) is 16.0 Å². The van der Waals surface area contributed by atoms with E-state index in [1.807, 2.05) is 11.8 Å². The Hall–Kier alpha value is -1.34. The van der Waals surface area contributed by atoms with E-state index in [1.165, 1.54) is 11.3 Å². The van der Waals surface area contributed by atoms with Crippen LogP contribution in [0.5, 0.6) is 0 Å². The van der Waals surface area contributed by atoms with Crippen molar-refractivity contribution in [1.82, 2.24) is 15.1 Å². The van der Waals surface area contributed by atoms with E-state index in [0.29, 0.717) is 37.1 Å². The van der Waals surface area contributed by atoms with Crippen LogP contribution < -0.4 is 5.32 Å². The average Bonchev–Trinajstić information content (AvgIpc) is 2.80. The van der Waals surface area contributed by atoms with Crippen molar-refractivity contribution in [3.05, 3.63) is 5.01 Å². The average molecular weight is 310 g/mol. The van der Waals surface area contributed by atoms with Gasteiger partial charge in [-0.3, -0.25) is 19.8 Å². The fraction of sp³-hybridized carbons (Fsp3) is 0.714. The van der Waals surface area contributed by atoms with Crippen molar-refractivity contribution in [2.75, 3.05) is 25.0 Å². The van der Waals surface area contributed by atoms with Crippen LogP contribution in [0.3, 0.4) is 0 Å². The van der Waals surface area contributed by atoms with Gasteiger partial charge in [-0.25, -0.2) is 0 Å². The Bertz CT molecular complexity index is 515. The maximum absolute atomic E-state index is 12.0. The molecule has 116 valence electrons. The lowest BCUT2D eigenvalue weighted by molar-refractivity contribution is -0.127. The molecule has 0 saturated carbocycles. The number of amides is 1. The molecule has 1 aromatic heterocycles. The molecule has 1 aliphatic rings.